The predicted molar refractivity (Wildman–Crippen MR) is 171 cm³/mol. The highest BCUT2D eigenvalue weighted by Crippen LogP contribution is 2.38. The van der Waals surface area contributed by atoms with Crippen molar-refractivity contribution in [2.45, 2.75) is 50.0 Å². The van der Waals surface area contributed by atoms with E-state index in [9.17, 15) is 14.4 Å². The standard InChI is InChI=1S/C35H37N5O4/c1-39-21-20-35(23-39,34(44)36-27-16-12-24(13-17-27)14-19-31(41)42)37-33(43)26-15-18-29-30(22-26)38-40(28-10-6-3-7-11-28)32(29)25-8-4-2-5-9-25/h3,6-7,10-19,22,25H,2,4-5,8-9,20-21,23H2,1H3,(H,36,44)(H,37,43)(H,41,42)/t35-/m1/s1. The molecule has 0 bridgehead atoms. The van der Waals surface area contributed by atoms with Crippen molar-refractivity contribution in [1.29, 1.82) is 0 Å². The monoisotopic (exact) mass is 591 g/mol. The molecule has 2 heterocycles. The van der Waals surface area contributed by atoms with Gasteiger partial charge >= 0.3 is 5.97 Å². The number of hydrogen-bond donors (Lipinski definition) is 3. The maximum atomic E-state index is 13.7. The molecule has 1 aliphatic heterocycles. The average molecular weight is 592 g/mol. The Kier molecular flexibility index (Phi) is 8.30. The third-order valence-corrected chi connectivity index (χ3v) is 8.80. The van der Waals surface area contributed by atoms with E-state index in [1.54, 1.807) is 24.3 Å². The van der Waals surface area contributed by atoms with E-state index in [1.165, 1.54) is 31.0 Å². The number of hydrogen-bond acceptors (Lipinski definition) is 5. The number of fused-ring (bicyclic) bond motifs is 1. The van der Waals surface area contributed by atoms with Crippen molar-refractivity contribution in [3.63, 3.8) is 0 Å². The molecule has 3 aromatic carbocycles. The molecule has 0 unspecified atom stereocenters. The lowest BCUT2D eigenvalue weighted by atomic mass is 9.85. The normalized spacial score (nSPS) is 19.4. The fourth-order valence-electron chi connectivity index (χ4n) is 6.51. The van der Waals surface area contributed by atoms with Gasteiger partial charge in [-0.1, -0.05) is 55.7 Å². The first-order chi connectivity index (χ1) is 21.3. The smallest absolute Gasteiger partial charge is 0.328 e. The third-order valence-electron chi connectivity index (χ3n) is 8.80. The average Bonchev–Trinajstić information content (AvgIpc) is 3.62. The summed E-state index contributed by atoms with van der Waals surface area (Å²) < 4.78 is 2.05. The Bertz CT molecular complexity index is 1710. The van der Waals surface area contributed by atoms with E-state index in [0.29, 0.717) is 42.2 Å². The number of aliphatic carboxylic acids is 1. The van der Waals surface area contributed by atoms with Crippen molar-refractivity contribution < 1.29 is 19.5 Å². The molecule has 1 aliphatic carbocycles. The van der Waals surface area contributed by atoms with Crippen LogP contribution in [0, 0.1) is 0 Å². The van der Waals surface area contributed by atoms with Gasteiger partial charge in [0.15, 0.2) is 0 Å². The fraction of sp³-hybridized carbons (Fsp3) is 0.314. The van der Waals surface area contributed by atoms with Gasteiger partial charge in [-0.3, -0.25) is 9.59 Å². The number of carboxylic acids is 1. The van der Waals surface area contributed by atoms with Crippen LogP contribution in [0.2, 0.25) is 0 Å². The van der Waals surface area contributed by atoms with Gasteiger partial charge in [0.1, 0.15) is 5.54 Å². The molecule has 4 aromatic rings. The van der Waals surface area contributed by atoms with E-state index in [-0.39, 0.29) is 11.8 Å². The number of likely N-dealkylation sites (tertiary alicyclic amines) is 1. The third kappa shape index (κ3) is 6.14. The van der Waals surface area contributed by atoms with Crippen molar-refractivity contribution in [2.24, 2.45) is 0 Å². The molecule has 44 heavy (non-hydrogen) atoms. The van der Waals surface area contributed by atoms with E-state index in [4.69, 9.17) is 10.2 Å². The summed E-state index contributed by atoms with van der Waals surface area (Å²) in [6.45, 7) is 1.04. The highest BCUT2D eigenvalue weighted by Gasteiger charge is 2.45. The number of benzene rings is 3. The van der Waals surface area contributed by atoms with E-state index in [0.717, 1.165) is 35.5 Å². The van der Waals surface area contributed by atoms with E-state index in [2.05, 4.69) is 22.8 Å². The Morgan fingerprint density at radius 1 is 0.977 bits per heavy atom. The second-order valence-corrected chi connectivity index (χ2v) is 12.0. The predicted octanol–water partition coefficient (Wildman–Crippen LogP) is 5.61. The zero-order chi connectivity index (χ0) is 30.7. The van der Waals surface area contributed by atoms with Crippen molar-refractivity contribution in [1.82, 2.24) is 20.0 Å². The van der Waals surface area contributed by atoms with Crippen molar-refractivity contribution >= 4 is 40.4 Å². The molecule has 2 fully saturated rings. The summed E-state index contributed by atoms with van der Waals surface area (Å²) in [5, 5.41) is 20.9. The van der Waals surface area contributed by atoms with Gasteiger partial charge in [-0.05, 0) is 74.3 Å². The van der Waals surface area contributed by atoms with E-state index < -0.39 is 11.5 Å². The summed E-state index contributed by atoms with van der Waals surface area (Å²) in [6, 6.07) is 22.7. The van der Waals surface area contributed by atoms with Crippen LogP contribution in [0.4, 0.5) is 5.69 Å². The first-order valence-electron chi connectivity index (χ1n) is 15.2. The molecule has 1 saturated heterocycles. The van der Waals surface area contributed by atoms with Crippen molar-refractivity contribution in [3.8, 4) is 5.69 Å². The molecule has 9 nitrogen and oxygen atoms in total. The van der Waals surface area contributed by atoms with Gasteiger partial charge in [-0.2, -0.15) is 5.10 Å². The highest BCUT2D eigenvalue weighted by atomic mass is 16.4. The number of aromatic nitrogens is 2. The van der Waals surface area contributed by atoms with E-state index >= 15 is 0 Å². The molecule has 9 heteroatoms. The number of likely N-dealkylation sites (N-methyl/N-ethyl adjacent to an activating group) is 1. The maximum Gasteiger partial charge on any atom is 0.328 e. The number of anilines is 1. The van der Waals surface area contributed by atoms with Gasteiger partial charge < -0.3 is 20.6 Å². The minimum Gasteiger partial charge on any atom is -0.478 e. The quantitative estimate of drug-likeness (QED) is 0.229. The fourth-order valence-corrected chi connectivity index (χ4v) is 6.51. The van der Waals surface area contributed by atoms with Crippen LogP contribution < -0.4 is 10.6 Å². The number of amides is 2. The largest absolute Gasteiger partial charge is 0.478 e. The second kappa shape index (κ2) is 12.5. The molecule has 1 aromatic heterocycles. The first kappa shape index (κ1) is 29.3. The van der Waals surface area contributed by atoms with Gasteiger partial charge in [0.05, 0.1) is 16.9 Å². The molecule has 226 valence electrons. The van der Waals surface area contributed by atoms with Crippen LogP contribution in [0.25, 0.3) is 22.7 Å². The van der Waals surface area contributed by atoms with Crippen LogP contribution >= 0.6 is 0 Å². The van der Waals surface area contributed by atoms with E-state index in [1.807, 2.05) is 53.0 Å². The second-order valence-electron chi connectivity index (χ2n) is 12.0. The molecule has 3 N–H and O–H groups in total. The maximum absolute atomic E-state index is 13.7. The number of nitrogens with one attached hydrogen (secondary N) is 2. The number of carbonyl (C=O) groups is 3. The van der Waals surface area contributed by atoms with Crippen LogP contribution in [0.3, 0.4) is 0 Å². The summed E-state index contributed by atoms with van der Waals surface area (Å²) in [5.41, 5.74) is 3.59. The lowest BCUT2D eigenvalue weighted by Crippen LogP contribution is -2.58. The van der Waals surface area contributed by atoms with Gasteiger partial charge in [0.25, 0.3) is 11.8 Å². The summed E-state index contributed by atoms with van der Waals surface area (Å²) in [4.78, 5) is 40.3. The summed E-state index contributed by atoms with van der Waals surface area (Å²) in [7, 11) is 1.93. The molecule has 0 radical (unpaired) electrons. The van der Waals surface area contributed by atoms with Crippen molar-refractivity contribution in [3.05, 3.63) is 95.7 Å². The van der Waals surface area contributed by atoms with Gasteiger partial charge in [0.2, 0.25) is 0 Å². The minimum atomic E-state index is -1.11. The molecule has 2 amide bonds. The number of rotatable bonds is 8. The zero-order valence-electron chi connectivity index (χ0n) is 24.8. The lowest BCUT2D eigenvalue weighted by Gasteiger charge is -2.29. The molecule has 1 saturated carbocycles. The Labute approximate surface area is 256 Å². The molecular formula is C35H37N5O4. The molecular weight excluding hydrogens is 554 g/mol. The zero-order valence-corrected chi connectivity index (χ0v) is 24.8. The Morgan fingerprint density at radius 3 is 2.41 bits per heavy atom. The minimum absolute atomic E-state index is 0.293. The molecule has 6 rings (SSSR count). The first-order valence-corrected chi connectivity index (χ1v) is 15.2. The Balaban J connectivity index is 1.26. The summed E-state index contributed by atoms with van der Waals surface area (Å²) >= 11 is 0. The van der Waals surface area contributed by atoms with Gasteiger partial charge in [0, 0.05) is 41.7 Å². The van der Waals surface area contributed by atoms with Gasteiger partial charge in [-0.25, -0.2) is 9.48 Å². The number of carboxylic acid groups (broad SMARTS) is 1. The Morgan fingerprint density at radius 2 is 1.73 bits per heavy atom. The van der Waals surface area contributed by atoms with Crippen LogP contribution in [0.1, 0.15) is 66.1 Å². The number of carbonyl (C=O) groups excluding carboxylic acids is 2. The number of nitrogens with zero attached hydrogens (tertiary/aromatic N) is 3. The van der Waals surface area contributed by atoms with Gasteiger partial charge in [-0.15, -0.1) is 0 Å². The molecule has 0 spiro atoms. The molecule has 1 atom stereocenters. The number of para-hydroxylation sites is 1. The highest BCUT2D eigenvalue weighted by molar-refractivity contribution is 6.05. The topological polar surface area (TPSA) is 117 Å². The molecule has 2 aliphatic rings. The van der Waals surface area contributed by atoms with Crippen LogP contribution in [0.15, 0.2) is 78.9 Å². The van der Waals surface area contributed by atoms with Crippen LogP contribution in [-0.2, 0) is 9.59 Å². The lowest BCUT2D eigenvalue weighted by molar-refractivity contribution is -0.131. The Hall–Kier alpha value is -4.76. The van der Waals surface area contributed by atoms with Crippen LogP contribution in [0.5, 0.6) is 0 Å². The SMILES string of the molecule is CN1CC[C@](NC(=O)c2ccc3c(C4CCCCC4)n(-c4ccccc4)nc3c2)(C(=O)Nc2ccc(C=CC(=O)O)cc2)C1. The summed E-state index contributed by atoms with van der Waals surface area (Å²) in [5.74, 6) is -1.23. The summed E-state index contributed by atoms with van der Waals surface area (Å²) in [6.07, 6.45) is 8.95. The van der Waals surface area contributed by atoms with Crippen LogP contribution in [-0.4, -0.2) is 63.2 Å². The van der Waals surface area contributed by atoms with Crippen molar-refractivity contribution in [2.75, 3.05) is 25.5 Å².